The maximum absolute atomic E-state index is 8.99. The molecule has 17 heavy (non-hydrogen) atoms. The molecular weight excluding hydrogens is 216 g/mol. The van der Waals surface area contributed by atoms with Crippen molar-refractivity contribution in [3.05, 3.63) is 29.8 Å². The molecule has 1 aromatic carbocycles. The van der Waals surface area contributed by atoms with E-state index in [1.807, 2.05) is 42.2 Å². The molecule has 0 saturated carbocycles. The van der Waals surface area contributed by atoms with Crippen molar-refractivity contribution in [2.24, 2.45) is 0 Å². The minimum atomic E-state index is 0.0589. The van der Waals surface area contributed by atoms with Crippen LogP contribution in [0.4, 0.5) is 11.4 Å². The van der Waals surface area contributed by atoms with Crippen LogP contribution in [0.25, 0.3) is 6.08 Å². The van der Waals surface area contributed by atoms with Gasteiger partial charge in [-0.15, -0.1) is 0 Å². The van der Waals surface area contributed by atoms with Gasteiger partial charge in [0.15, 0.2) is 0 Å². The number of aliphatic hydroxyl groups is 2. The molecule has 1 rings (SSSR count). The first-order valence-electron chi connectivity index (χ1n) is 5.71. The van der Waals surface area contributed by atoms with E-state index < -0.39 is 0 Å². The van der Waals surface area contributed by atoms with Crippen molar-refractivity contribution in [2.75, 3.05) is 36.9 Å². The Hall–Kier alpha value is -1.52. The van der Waals surface area contributed by atoms with Crippen LogP contribution in [0, 0.1) is 0 Å². The van der Waals surface area contributed by atoms with Crippen LogP contribution >= 0.6 is 0 Å². The van der Waals surface area contributed by atoms with Gasteiger partial charge in [-0.3, -0.25) is 0 Å². The second-order valence-electron chi connectivity index (χ2n) is 3.75. The molecular formula is C13H20N2O2. The molecule has 0 aliphatic heterocycles. The van der Waals surface area contributed by atoms with E-state index >= 15 is 0 Å². The number of nitrogen functional groups attached to an aromatic ring is 1. The second-order valence-corrected chi connectivity index (χ2v) is 3.75. The van der Waals surface area contributed by atoms with Crippen molar-refractivity contribution in [2.45, 2.75) is 6.92 Å². The summed E-state index contributed by atoms with van der Waals surface area (Å²) in [5.41, 5.74) is 8.48. The summed E-state index contributed by atoms with van der Waals surface area (Å²) in [4.78, 5) is 1.92. The summed E-state index contributed by atoms with van der Waals surface area (Å²) in [6.45, 7) is 3.05. The topological polar surface area (TPSA) is 69.7 Å². The minimum absolute atomic E-state index is 0.0589. The van der Waals surface area contributed by atoms with Crippen molar-refractivity contribution in [3.63, 3.8) is 0 Å². The van der Waals surface area contributed by atoms with E-state index in [0.717, 1.165) is 16.9 Å². The van der Waals surface area contributed by atoms with Gasteiger partial charge < -0.3 is 20.8 Å². The van der Waals surface area contributed by atoms with Crippen LogP contribution in [0.2, 0.25) is 0 Å². The van der Waals surface area contributed by atoms with E-state index in [0.29, 0.717) is 13.1 Å². The standard InChI is InChI=1S/C13H20N2O2/c1-2-3-11-10-12(4-5-13(11)14)15(6-8-16)7-9-17/h2-5,10,16-17H,6-9,14H2,1H3/b3-2-. The number of anilines is 2. The number of hydrogen-bond acceptors (Lipinski definition) is 4. The predicted octanol–water partition coefficient (Wildman–Crippen LogP) is 1.09. The lowest BCUT2D eigenvalue weighted by Crippen LogP contribution is -2.29. The fourth-order valence-corrected chi connectivity index (χ4v) is 1.69. The van der Waals surface area contributed by atoms with Crippen molar-refractivity contribution >= 4 is 17.5 Å². The van der Waals surface area contributed by atoms with Gasteiger partial charge in [0.25, 0.3) is 0 Å². The fraction of sp³-hybridized carbons (Fsp3) is 0.385. The Kier molecular flexibility index (Phi) is 5.52. The quantitative estimate of drug-likeness (QED) is 0.647. The van der Waals surface area contributed by atoms with Gasteiger partial charge in [-0.1, -0.05) is 12.2 Å². The maximum atomic E-state index is 8.99. The third-order valence-electron chi connectivity index (χ3n) is 2.52. The van der Waals surface area contributed by atoms with E-state index in [-0.39, 0.29) is 13.2 Å². The molecule has 4 N–H and O–H groups in total. The third kappa shape index (κ3) is 3.76. The van der Waals surface area contributed by atoms with Gasteiger partial charge in [-0.2, -0.15) is 0 Å². The molecule has 0 aliphatic carbocycles. The summed E-state index contributed by atoms with van der Waals surface area (Å²) < 4.78 is 0. The summed E-state index contributed by atoms with van der Waals surface area (Å²) in [6, 6.07) is 5.70. The molecule has 0 fully saturated rings. The van der Waals surface area contributed by atoms with Crippen molar-refractivity contribution < 1.29 is 10.2 Å². The number of rotatable bonds is 6. The Bertz CT molecular complexity index is 372. The zero-order valence-electron chi connectivity index (χ0n) is 10.1. The highest BCUT2D eigenvalue weighted by molar-refractivity contribution is 5.69. The first-order valence-corrected chi connectivity index (χ1v) is 5.71. The Morgan fingerprint density at radius 3 is 2.41 bits per heavy atom. The molecule has 0 atom stereocenters. The van der Waals surface area contributed by atoms with Gasteiger partial charge in [0, 0.05) is 24.5 Å². The first-order chi connectivity index (χ1) is 8.22. The molecule has 4 nitrogen and oxygen atoms in total. The SMILES string of the molecule is C/C=C\c1cc(N(CCO)CCO)ccc1N. The van der Waals surface area contributed by atoms with Crippen LogP contribution in [0.5, 0.6) is 0 Å². The lowest BCUT2D eigenvalue weighted by atomic mass is 10.1. The fourth-order valence-electron chi connectivity index (χ4n) is 1.69. The van der Waals surface area contributed by atoms with Gasteiger partial charge in [0.05, 0.1) is 13.2 Å². The van der Waals surface area contributed by atoms with E-state index in [4.69, 9.17) is 15.9 Å². The van der Waals surface area contributed by atoms with Crippen molar-refractivity contribution in [1.82, 2.24) is 0 Å². The Balaban J connectivity index is 2.98. The van der Waals surface area contributed by atoms with E-state index in [1.54, 1.807) is 0 Å². The van der Waals surface area contributed by atoms with Crippen LogP contribution in [-0.4, -0.2) is 36.5 Å². The summed E-state index contributed by atoms with van der Waals surface area (Å²) in [6.07, 6.45) is 3.87. The highest BCUT2D eigenvalue weighted by Gasteiger charge is 2.06. The number of hydrogen-bond donors (Lipinski definition) is 3. The van der Waals surface area contributed by atoms with Gasteiger partial charge >= 0.3 is 0 Å². The van der Waals surface area contributed by atoms with E-state index in [2.05, 4.69) is 0 Å². The monoisotopic (exact) mass is 236 g/mol. The van der Waals surface area contributed by atoms with Crippen LogP contribution in [0.15, 0.2) is 24.3 Å². The van der Waals surface area contributed by atoms with E-state index in [1.165, 1.54) is 0 Å². The third-order valence-corrected chi connectivity index (χ3v) is 2.52. The lowest BCUT2D eigenvalue weighted by Gasteiger charge is -2.23. The molecule has 0 saturated heterocycles. The molecule has 0 aliphatic rings. The number of aliphatic hydroxyl groups excluding tert-OH is 2. The zero-order valence-corrected chi connectivity index (χ0v) is 10.1. The molecule has 0 amide bonds. The first kappa shape index (κ1) is 13.5. The van der Waals surface area contributed by atoms with Gasteiger partial charge in [0.2, 0.25) is 0 Å². The Morgan fingerprint density at radius 2 is 1.88 bits per heavy atom. The molecule has 0 heterocycles. The number of nitrogens with two attached hydrogens (primary N) is 1. The molecule has 0 unspecified atom stereocenters. The van der Waals surface area contributed by atoms with Gasteiger partial charge in [-0.25, -0.2) is 0 Å². The smallest absolute Gasteiger partial charge is 0.0606 e. The molecule has 0 radical (unpaired) electrons. The van der Waals surface area contributed by atoms with Crippen LogP contribution in [-0.2, 0) is 0 Å². The van der Waals surface area contributed by atoms with Crippen LogP contribution < -0.4 is 10.6 Å². The number of benzene rings is 1. The normalized spacial score (nSPS) is 11.0. The number of allylic oxidation sites excluding steroid dienone is 1. The largest absolute Gasteiger partial charge is 0.398 e. The average molecular weight is 236 g/mol. The molecule has 0 aromatic heterocycles. The molecule has 1 aromatic rings. The summed E-state index contributed by atoms with van der Waals surface area (Å²) in [7, 11) is 0. The van der Waals surface area contributed by atoms with Crippen molar-refractivity contribution in [1.29, 1.82) is 0 Å². The molecule has 94 valence electrons. The van der Waals surface area contributed by atoms with Gasteiger partial charge in [-0.05, 0) is 30.7 Å². The summed E-state index contributed by atoms with van der Waals surface area (Å²) >= 11 is 0. The summed E-state index contributed by atoms with van der Waals surface area (Å²) in [5, 5.41) is 18.0. The van der Waals surface area contributed by atoms with Crippen molar-refractivity contribution in [3.8, 4) is 0 Å². The maximum Gasteiger partial charge on any atom is 0.0606 e. The zero-order chi connectivity index (χ0) is 12.7. The molecule has 0 spiro atoms. The highest BCUT2D eigenvalue weighted by Crippen LogP contribution is 2.22. The van der Waals surface area contributed by atoms with Gasteiger partial charge in [0.1, 0.15) is 0 Å². The second kappa shape index (κ2) is 6.93. The molecule has 0 bridgehead atoms. The lowest BCUT2D eigenvalue weighted by molar-refractivity contribution is 0.281. The summed E-state index contributed by atoms with van der Waals surface area (Å²) in [5.74, 6) is 0. The average Bonchev–Trinajstić information content (AvgIpc) is 2.32. The highest BCUT2D eigenvalue weighted by atomic mass is 16.3. The van der Waals surface area contributed by atoms with Crippen LogP contribution in [0.3, 0.4) is 0 Å². The minimum Gasteiger partial charge on any atom is -0.398 e. The predicted molar refractivity (Wildman–Crippen MR) is 71.9 cm³/mol. The van der Waals surface area contributed by atoms with E-state index in [9.17, 15) is 0 Å². The van der Waals surface area contributed by atoms with Crippen LogP contribution in [0.1, 0.15) is 12.5 Å². The number of nitrogens with zero attached hydrogens (tertiary/aromatic N) is 1. The molecule has 4 heteroatoms. The Morgan fingerprint density at radius 1 is 1.24 bits per heavy atom. The Labute approximate surface area is 102 Å².